The Bertz CT molecular complexity index is 506. The molecule has 1 aliphatic heterocycles. The van der Waals surface area contributed by atoms with E-state index < -0.39 is 17.6 Å². The summed E-state index contributed by atoms with van der Waals surface area (Å²) >= 11 is 6.76. The second-order valence-electron chi connectivity index (χ2n) is 4.28. The van der Waals surface area contributed by atoms with E-state index in [4.69, 9.17) is 17.5 Å². The zero-order valence-electron chi connectivity index (χ0n) is 13.5. The molecule has 1 saturated heterocycles. The van der Waals surface area contributed by atoms with E-state index >= 15 is 0 Å². The Morgan fingerprint density at radius 1 is 1.52 bits per heavy atom. The highest BCUT2D eigenvalue weighted by atomic mass is 32.2. The van der Waals surface area contributed by atoms with Gasteiger partial charge in [-0.3, -0.25) is 15.0 Å². The Kier molecular flexibility index (Phi) is 10.7. The molecule has 0 aromatic carbocycles. The van der Waals surface area contributed by atoms with Crippen LogP contribution in [0, 0.1) is 11.3 Å². The standard InChI is InChI=1S/C7H10N4O3.C5H10N2S2/c1-3-9-7(13)10-6(12)5(4-8)11-14-2;1-6-3-7(2)5(8)9-4-6/h3H2,1-2H3,(H2,9,10,12,13);3-4H2,1-2H3/b11-5+;. The van der Waals surface area contributed by atoms with Crippen LogP contribution in [0.3, 0.4) is 0 Å². The van der Waals surface area contributed by atoms with Crippen LogP contribution in [0.15, 0.2) is 5.16 Å². The van der Waals surface area contributed by atoms with Crippen LogP contribution in [-0.4, -0.2) is 72.1 Å². The minimum absolute atomic E-state index is 0.377. The lowest BCUT2D eigenvalue weighted by Crippen LogP contribution is -2.42. The summed E-state index contributed by atoms with van der Waals surface area (Å²) in [6.45, 7) is 3.03. The third-order valence-electron chi connectivity index (χ3n) is 2.24. The Balaban J connectivity index is 0.000000459. The van der Waals surface area contributed by atoms with Crippen LogP contribution in [0.5, 0.6) is 0 Å². The fourth-order valence-electron chi connectivity index (χ4n) is 1.31. The molecule has 0 unspecified atom stereocenters. The summed E-state index contributed by atoms with van der Waals surface area (Å²) in [5.41, 5.74) is -0.515. The fraction of sp³-hybridized carbons (Fsp3) is 0.583. The summed E-state index contributed by atoms with van der Waals surface area (Å²) in [4.78, 5) is 30.4. The third-order valence-corrected chi connectivity index (χ3v) is 4.04. The van der Waals surface area contributed by atoms with E-state index in [0.717, 1.165) is 16.9 Å². The lowest BCUT2D eigenvalue weighted by Gasteiger charge is -2.31. The minimum Gasteiger partial charge on any atom is -0.398 e. The van der Waals surface area contributed by atoms with Crippen molar-refractivity contribution in [2.24, 2.45) is 5.16 Å². The summed E-state index contributed by atoms with van der Waals surface area (Å²) < 4.78 is 1.01. The number of thioether (sulfide) groups is 1. The van der Waals surface area contributed by atoms with Crippen molar-refractivity contribution in [3.05, 3.63) is 0 Å². The van der Waals surface area contributed by atoms with Gasteiger partial charge in [-0.2, -0.15) is 5.26 Å². The zero-order valence-corrected chi connectivity index (χ0v) is 15.1. The smallest absolute Gasteiger partial charge is 0.321 e. The van der Waals surface area contributed by atoms with Gasteiger partial charge in [0, 0.05) is 13.6 Å². The van der Waals surface area contributed by atoms with Gasteiger partial charge in [-0.05, 0) is 14.0 Å². The first-order valence-corrected chi connectivity index (χ1v) is 7.91. The van der Waals surface area contributed by atoms with Gasteiger partial charge in [-0.1, -0.05) is 29.1 Å². The van der Waals surface area contributed by atoms with Gasteiger partial charge >= 0.3 is 6.03 Å². The maximum Gasteiger partial charge on any atom is 0.321 e. The van der Waals surface area contributed by atoms with Crippen LogP contribution >= 0.6 is 24.0 Å². The van der Waals surface area contributed by atoms with E-state index in [0.29, 0.717) is 6.54 Å². The summed E-state index contributed by atoms with van der Waals surface area (Å²) in [5, 5.41) is 15.8. The molecule has 0 aromatic rings. The number of urea groups is 1. The number of thiocarbonyl (C=S) groups is 1. The molecular formula is C12H20N6O3S2. The van der Waals surface area contributed by atoms with E-state index in [9.17, 15) is 9.59 Å². The number of amides is 3. The fourth-order valence-corrected chi connectivity index (χ4v) is 2.21. The molecule has 0 atom stereocenters. The maximum absolute atomic E-state index is 11.0. The first-order valence-electron chi connectivity index (χ1n) is 6.52. The highest BCUT2D eigenvalue weighted by Crippen LogP contribution is 2.14. The molecule has 23 heavy (non-hydrogen) atoms. The minimum atomic E-state index is -0.903. The number of hydrogen-bond acceptors (Lipinski definition) is 8. The van der Waals surface area contributed by atoms with Crippen molar-refractivity contribution in [3.63, 3.8) is 0 Å². The van der Waals surface area contributed by atoms with Crippen molar-refractivity contribution in [1.29, 1.82) is 5.26 Å². The number of oxime groups is 1. The van der Waals surface area contributed by atoms with Crippen molar-refractivity contribution in [2.75, 3.05) is 40.3 Å². The van der Waals surface area contributed by atoms with Gasteiger partial charge in [0.25, 0.3) is 5.91 Å². The van der Waals surface area contributed by atoms with Crippen LogP contribution in [-0.2, 0) is 9.63 Å². The van der Waals surface area contributed by atoms with Crippen molar-refractivity contribution >= 4 is 46.0 Å². The number of hydrogen-bond donors (Lipinski definition) is 2. The van der Waals surface area contributed by atoms with E-state index in [1.54, 1.807) is 18.7 Å². The average Bonchev–Trinajstić information content (AvgIpc) is 2.49. The predicted octanol–water partition coefficient (Wildman–Crippen LogP) is 0.155. The maximum atomic E-state index is 11.0. The molecule has 0 aromatic heterocycles. The van der Waals surface area contributed by atoms with Crippen molar-refractivity contribution in [3.8, 4) is 6.07 Å². The van der Waals surface area contributed by atoms with Crippen LogP contribution in [0.2, 0.25) is 0 Å². The Morgan fingerprint density at radius 3 is 2.61 bits per heavy atom. The molecule has 9 nitrogen and oxygen atoms in total. The molecule has 0 aliphatic carbocycles. The molecular weight excluding hydrogens is 340 g/mol. The zero-order chi connectivity index (χ0) is 17.8. The van der Waals surface area contributed by atoms with Gasteiger partial charge in [0.1, 0.15) is 17.5 Å². The highest BCUT2D eigenvalue weighted by molar-refractivity contribution is 8.22. The first-order chi connectivity index (χ1) is 10.8. The second kappa shape index (κ2) is 11.6. The van der Waals surface area contributed by atoms with Crippen molar-refractivity contribution in [2.45, 2.75) is 6.92 Å². The Morgan fingerprint density at radius 2 is 2.17 bits per heavy atom. The Hall–Kier alpha value is -1.90. The number of rotatable bonds is 3. The van der Waals surface area contributed by atoms with Gasteiger partial charge < -0.3 is 15.1 Å². The highest BCUT2D eigenvalue weighted by Gasteiger charge is 2.14. The molecule has 0 radical (unpaired) electrons. The number of nitrogens with one attached hydrogen (secondary N) is 2. The molecule has 0 bridgehead atoms. The number of nitriles is 1. The van der Waals surface area contributed by atoms with E-state index in [2.05, 4.69) is 32.2 Å². The number of imide groups is 1. The summed E-state index contributed by atoms with van der Waals surface area (Å²) in [7, 11) is 5.30. The molecule has 3 amide bonds. The van der Waals surface area contributed by atoms with Crippen LogP contribution in [0.4, 0.5) is 4.79 Å². The van der Waals surface area contributed by atoms with Gasteiger partial charge in [0.05, 0.1) is 12.5 Å². The molecule has 1 fully saturated rings. The molecule has 1 aliphatic rings. The quantitative estimate of drug-likeness (QED) is 0.416. The van der Waals surface area contributed by atoms with Gasteiger partial charge in [0.15, 0.2) is 0 Å². The number of nitrogens with zero attached hydrogens (tertiary/aromatic N) is 4. The SMILES string of the molecule is CCNC(=O)NC(=O)/C(C#N)=N/OC.CN1CSC(=S)N(C)C1. The van der Waals surface area contributed by atoms with Gasteiger partial charge in [-0.25, -0.2) is 4.79 Å². The molecule has 0 spiro atoms. The summed E-state index contributed by atoms with van der Waals surface area (Å²) in [6, 6.07) is 0.799. The topological polar surface area (TPSA) is 110 Å². The van der Waals surface area contributed by atoms with Gasteiger partial charge in [-0.15, -0.1) is 0 Å². The monoisotopic (exact) mass is 360 g/mol. The molecule has 1 heterocycles. The van der Waals surface area contributed by atoms with E-state index in [1.165, 1.54) is 13.2 Å². The molecule has 0 saturated carbocycles. The first kappa shape index (κ1) is 21.1. The normalized spacial score (nSPS) is 15.0. The third kappa shape index (κ3) is 8.97. The van der Waals surface area contributed by atoms with Gasteiger partial charge in [0.2, 0.25) is 5.71 Å². The molecule has 11 heteroatoms. The molecule has 128 valence electrons. The number of carbonyl (C=O) groups excluding carboxylic acids is 2. The van der Waals surface area contributed by atoms with E-state index in [1.807, 2.05) is 12.4 Å². The van der Waals surface area contributed by atoms with Crippen LogP contribution < -0.4 is 10.6 Å². The van der Waals surface area contributed by atoms with Crippen LogP contribution in [0.25, 0.3) is 0 Å². The molecule has 1 rings (SSSR count). The summed E-state index contributed by atoms with van der Waals surface area (Å²) in [5.74, 6) is 0.128. The van der Waals surface area contributed by atoms with E-state index in [-0.39, 0.29) is 0 Å². The summed E-state index contributed by atoms with van der Waals surface area (Å²) in [6.07, 6.45) is 0. The van der Waals surface area contributed by atoms with Crippen molar-refractivity contribution in [1.82, 2.24) is 20.4 Å². The molecule has 2 N–H and O–H groups in total. The lowest BCUT2D eigenvalue weighted by atomic mass is 10.4. The predicted molar refractivity (Wildman–Crippen MR) is 92.7 cm³/mol. The number of carbonyl (C=O) groups is 2. The second-order valence-corrected chi connectivity index (χ2v) is 5.86. The lowest BCUT2D eigenvalue weighted by molar-refractivity contribution is -0.113. The Labute approximate surface area is 145 Å². The van der Waals surface area contributed by atoms with Crippen molar-refractivity contribution < 1.29 is 14.4 Å². The largest absolute Gasteiger partial charge is 0.398 e. The van der Waals surface area contributed by atoms with Crippen LogP contribution in [0.1, 0.15) is 6.92 Å². The average molecular weight is 360 g/mol.